The second-order valence-corrected chi connectivity index (χ2v) is 3.11. The van der Waals surface area contributed by atoms with Gasteiger partial charge in [-0.2, -0.15) is 18.2 Å². The lowest BCUT2D eigenvalue weighted by molar-refractivity contribution is -0.146. The lowest BCUT2D eigenvalue weighted by atomic mass is 10.2. The summed E-state index contributed by atoms with van der Waals surface area (Å²) in [5.41, 5.74) is 5.27. The van der Waals surface area contributed by atoms with Crippen molar-refractivity contribution in [2.45, 2.75) is 31.9 Å². The van der Waals surface area contributed by atoms with Crippen LogP contribution in [0.2, 0.25) is 0 Å². The van der Waals surface area contributed by atoms with Gasteiger partial charge in [-0.15, -0.1) is 0 Å². The van der Waals surface area contributed by atoms with Crippen LogP contribution in [-0.2, 0) is 12.6 Å². The van der Waals surface area contributed by atoms with E-state index in [2.05, 4.69) is 14.7 Å². The Morgan fingerprint density at radius 1 is 1.20 bits per heavy atom. The van der Waals surface area contributed by atoms with Crippen LogP contribution in [0, 0.1) is 0 Å². The van der Waals surface area contributed by atoms with Crippen LogP contribution >= 0.6 is 0 Å². The first-order chi connectivity index (χ1) is 7.04. The van der Waals surface area contributed by atoms with E-state index in [0.29, 0.717) is 19.4 Å². The van der Waals surface area contributed by atoms with Gasteiger partial charge in [0.15, 0.2) is 0 Å². The summed E-state index contributed by atoms with van der Waals surface area (Å²) in [6, 6.07) is 0. The van der Waals surface area contributed by atoms with E-state index in [4.69, 9.17) is 5.73 Å². The SMILES string of the molecule is NCCCCCc1nc(C(F)(F)F)no1. The third kappa shape index (κ3) is 3.86. The van der Waals surface area contributed by atoms with Crippen LogP contribution < -0.4 is 5.73 Å². The maximum Gasteiger partial charge on any atom is 0.455 e. The smallest absolute Gasteiger partial charge is 0.339 e. The molecule has 1 heterocycles. The van der Waals surface area contributed by atoms with E-state index in [-0.39, 0.29) is 5.89 Å². The summed E-state index contributed by atoms with van der Waals surface area (Å²) in [7, 11) is 0. The highest BCUT2D eigenvalue weighted by Crippen LogP contribution is 2.26. The second kappa shape index (κ2) is 5.11. The highest BCUT2D eigenvalue weighted by atomic mass is 19.4. The quantitative estimate of drug-likeness (QED) is 0.772. The zero-order valence-corrected chi connectivity index (χ0v) is 8.05. The molecular weight excluding hydrogens is 211 g/mol. The number of nitrogens with zero attached hydrogens (tertiary/aromatic N) is 2. The second-order valence-electron chi connectivity index (χ2n) is 3.11. The first-order valence-corrected chi connectivity index (χ1v) is 4.64. The summed E-state index contributed by atoms with van der Waals surface area (Å²) in [5, 5.41) is 2.85. The van der Waals surface area contributed by atoms with Gasteiger partial charge in [0.2, 0.25) is 5.89 Å². The van der Waals surface area contributed by atoms with Crippen molar-refractivity contribution in [1.29, 1.82) is 0 Å². The van der Waals surface area contributed by atoms with Crippen LogP contribution in [0.15, 0.2) is 4.52 Å². The fraction of sp³-hybridized carbons (Fsp3) is 0.750. The van der Waals surface area contributed by atoms with Gasteiger partial charge in [0, 0.05) is 6.42 Å². The molecule has 0 unspecified atom stereocenters. The van der Waals surface area contributed by atoms with Gasteiger partial charge in [0.1, 0.15) is 0 Å². The minimum atomic E-state index is -4.53. The molecule has 0 aromatic carbocycles. The number of halogens is 3. The van der Waals surface area contributed by atoms with Crippen molar-refractivity contribution in [3.8, 4) is 0 Å². The van der Waals surface area contributed by atoms with Gasteiger partial charge in [-0.05, 0) is 19.4 Å². The number of nitrogens with two attached hydrogens (primary N) is 1. The maximum atomic E-state index is 12.0. The van der Waals surface area contributed by atoms with Crippen LogP contribution in [0.4, 0.5) is 13.2 Å². The molecule has 4 nitrogen and oxygen atoms in total. The van der Waals surface area contributed by atoms with Crippen molar-refractivity contribution in [2.24, 2.45) is 5.73 Å². The lowest BCUT2D eigenvalue weighted by Crippen LogP contribution is -2.07. The molecule has 0 atom stereocenters. The van der Waals surface area contributed by atoms with Crippen molar-refractivity contribution >= 4 is 0 Å². The fourth-order valence-electron chi connectivity index (χ4n) is 1.07. The average molecular weight is 223 g/mol. The molecule has 0 aliphatic carbocycles. The first-order valence-electron chi connectivity index (χ1n) is 4.64. The van der Waals surface area contributed by atoms with E-state index < -0.39 is 12.0 Å². The molecule has 86 valence electrons. The number of aromatic nitrogens is 2. The third-order valence-electron chi connectivity index (χ3n) is 1.82. The predicted molar refractivity (Wildman–Crippen MR) is 45.9 cm³/mol. The number of rotatable bonds is 5. The monoisotopic (exact) mass is 223 g/mol. The van der Waals surface area contributed by atoms with E-state index in [1.165, 1.54) is 0 Å². The van der Waals surface area contributed by atoms with Crippen molar-refractivity contribution < 1.29 is 17.7 Å². The third-order valence-corrected chi connectivity index (χ3v) is 1.82. The van der Waals surface area contributed by atoms with Crippen LogP contribution in [-0.4, -0.2) is 16.7 Å². The molecule has 0 amide bonds. The summed E-state index contributed by atoms with van der Waals surface area (Å²) in [4.78, 5) is 3.25. The van der Waals surface area contributed by atoms with Crippen molar-refractivity contribution in [3.05, 3.63) is 11.7 Å². The van der Waals surface area contributed by atoms with Crippen molar-refractivity contribution in [1.82, 2.24) is 10.1 Å². The lowest BCUT2D eigenvalue weighted by Gasteiger charge is -1.96. The van der Waals surface area contributed by atoms with Gasteiger partial charge in [-0.3, -0.25) is 0 Å². The Morgan fingerprint density at radius 2 is 1.93 bits per heavy atom. The molecule has 1 aromatic rings. The highest BCUT2D eigenvalue weighted by molar-refractivity contribution is 4.90. The maximum absolute atomic E-state index is 12.0. The minimum Gasteiger partial charge on any atom is -0.339 e. The predicted octanol–water partition coefficient (Wildman–Crippen LogP) is 1.76. The molecule has 0 radical (unpaired) electrons. The average Bonchev–Trinajstić information content (AvgIpc) is 2.60. The van der Waals surface area contributed by atoms with Crippen LogP contribution in [0.5, 0.6) is 0 Å². The summed E-state index contributed by atoms with van der Waals surface area (Å²) in [5.74, 6) is -1.18. The fourth-order valence-corrected chi connectivity index (χ4v) is 1.07. The van der Waals surface area contributed by atoms with Gasteiger partial charge < -0.3 is 10.3 Å². The molecule has 0 saturated carbocycles. The van der Waals surface area contributed by atoms with E-state index >= 15 is 0 Å². The van der Waals surface area contributed by atoms with Gasteiger partial charge in [-0.25, -0.2) is 0 Å². The highest BCUT2D eigenvalue weighted by Gasteiger charge is 2.37. The Labute approximate surface area is 84.6 Å². The van der Waals surface area contributed by atoms with Crippen LogP contribution in [0.25, 0.3) is 0 Å². The number of hydrogen-bond donors (Lipinski definition) is 1. The number of hydrogen-bond acceptors (Lipinski definition) is 4. The molecular formula is C8H12F3N3O. The molecule has 1 rings (SSSR count). The van der Waals surface area contributed by atoms with E-state index in [9.17, 15) is 13.2 Å². The number of unbranched alkanes of at least 4 members (excludes halogenated alkanes) is 2. The molecule has 0 bridgehead atoms. The molecule has 7 heteroatoms. The Hall–Kier alpha value is -1.11. The van der Waals surface area contributed by atoms with Crippen LogP contribution in [0.3, 0.4) is 0 Å². The summed E-state index contributed by atoms with van der Waals surface area (Å²) in [6.45, 7) is 0.581. The molecule has 0 fully saturated rings. The van der Waals surface area contributed by atoms with Crippen LogP contribution in [0.1, 0.15) is 31.0 Å². The minimum absolute atomic E-state index is 0.0272. The Morgan fingerprint density at radius 3 is 2.47 bits per heavy atom. The molecule has 0 spiro atoms. The Kier molecular flexibility index (Phi) is 4.07. The molecule has 0 aliphatic rings. The first kappa shape index (κ1) is 12.0. The Bertz CT molecular complexity index is 298. The molecule has 15 heavy (non-hydrogen) atoms. The summed E-state index contributed by atoms with van der Waals surface area (Å²) < 4.78 is 40.6. The molecule has 0 aliphatic heterocycles. The summed E-state index contributed by atoms with van der Waals surface area (Å²) >= 11 is 0. The van der Waals surface area contributed by atoms with E-state index in [1.54, 1.807) is 0 Å². The molecule has 0 saturated heterocycles. The largest absolute Gasteiger partial charge is 0.455 e. The number of alkyl halides is 3. The molecule has 1 aromatic heterocycles. The topological polar surface area (TPSA) is 64.9 Å². The zero-order valence-electron chi connectivity index (χ0n) is 8.05. The van der Waals surface area contributed by atoms with E-state index in [0.717, 1.165) is 12.8 Å². The Balaban J connectivity index is 2.40. The molecule has 2 N–H and O–H groups in total. The van der Waals surface area contributed by atoms with E-state index in [1.807, 2.05) is 0 Å². The zero-order chi connectivity index (χ0) is 11.3. The van der Waals surface area contributed by atoms with Gasteiger partial charge in [0.25, 0.3) is 5.82 Å². The van der Waals surface area contributed by atoms with Gasteiger partial charge in [-0.1, -0.05) is 11.6 Å². The standard InChI is InChI=1S/C8H12F3N3O/c9-8(10,11)7-13-6(15-14-7)4-2-1-3-5-12/h1-5,12H2. The number of aryl methyl sites for hydroxylation is 1. The van der Waals surface area contributed by atoms with Crippen molar-refractivity contribution in [3.63, 3.8) is 0 Å². The van der Waals surface area contributed by atoms with Gasteiger partial charge >= 0.3 is 6.18 Å². The normalized spacial score (nSPS) is 12.0. The summed E-state index contributed by atoms with van der Waals surface area (Å²) in [6.07, 6.45) is -1.76. The van der Waals surface area contributed by atoms with Crippen molar-refractivity contribution in [2.75, 3.05) is 6.54 Å². The van der Waals surface area contributed by atoms with Gasteiger partial charge in [0.05, 0.1) is 0 Å².